The molecule has 138 valence electrons. The first-order chi connectivity index (χ1) is 13.1. The summed E-state index contributed by atoms with van der Waals surface area (Å²) in [5, 5.41) is 5.70. The van der Waals surface area contributed by atoms with Crippen LogP contribution in [0, 0.1) is 0 Å². The second-order valence-corrected chi connectivity index (χ2v) is 7.42. The first kappa shape index (κ1) is 17.8. The minimum Gasteiger partial charge on any atom is -0.472 e. The Labute approximate surface area is 164 Å². The number of para-hydroxylation sites is 1. The second kappa shape index (κ2) is 7.54. The van der Waals surface area contributed by atoms with Crippen LogP contribution in [0.5, 0.6) is 0 Å². The number of rotatable bonds is 4. The molecular weight excluding hydrogens is 386 g/mol. The summed E-state index contributed by atoms with van der Waals surface area (Å²) in [4.78, 5) is 31.4. The molecule has 1 atom stereocenters. The number of thiazole rings is 1. The Hall–Kier alpha value is -2.64. The molecule has 1 aliphatic heterocycles. The van der Waals surface area contributed by atoms with Gasteiger partial charge >= 0.3 is 0 Å². The molecule has 1 N–H and O–H groups in total. The van der Waals surface area contributed by atoms with Gasteiger partial charge in [-0.2, -0.15) is 0 Å². The molecule has 2 amide bonds. The van der Waals surface area contributed by atoms with Crippen LogP contribution in [0.2, 0.25) is 5.02 Å². The lowest BCUT2D eigenvalue weighted by atomic mass is 10.0. The Kier molecular flexibility index (Phi) is 4.96. The van der Waals surface area contributed by atoms with Crippen molar-refractivity contribution in [3.05, 3.63) is 59.0 Å². The van der Waals surface area contributed by atoms with E-state index in [2.05, 4.69) is 10.3 Å². The molecule has 2 aromatic heterocycles. The molecule has 0 unspecified atom stereocenters. The molecule has 27 heavy (non-hydrogen) atoms. The number of amides is 2. The van der Waals surface area contributed by atoms with Crippen molar-refractivity contribution in [1.82, 2.24) is 10.3 Å². The lowest BCUT2D eigenvalue weighted by Gasteiger charge is -2.33. The van der Waals surface area contributed by atoms with E-state index < -0.39 is 6.04 Å². The van der Waals surface area contributed by atoms with Gasteiger partial charge in [0, 0.05) is 17.5 Å². The van der Waals surface area contributed by atoms with Crippen LogP contribution < -0.4 is 10.2 Å². The van der Waals surface area contributed by atoms with Gasteiger partial charge < -0.3 is 14.6 Å². The van der Waals surface area contributed by atoms with Crippen molar-refractivity contribution in [3.8, 4) is 10.6 Å². The first-order valence-electron chi connectivity index (χ1n) is 8.48. The Balaban J connectivity index is 1.48. The van der Waals surface area contributed by atoms with Gasteiger partial charge in [-0.25, -0.2) is 4.98 Å². The number of hydrogen-bond acceptors (Lipinski definition) is 5. The molecule has 1 fully saturated rings. The van der Waals surface area contributed by atoms with E-state index in [0.717, 1.165) is 12.0 Å². The van der Waals surface area contributed by atoms with Gasteiger partial charge in [-0.1, -0.05) is 23.7 Å². The number of furan rings is 1. The number of piperidine rings is 1. The maximum Gasteiger partial charge on any atom is 0.271 e. The second-order valence-electron chi connectivity index (χ2n) is 6.16. The van der Waals surface area contributed by atoms with Crippen molar-refractivity contribution in [2.24, 2.45) is 0 Å². The fourth-order valence-corrected chi connectivity index (χ4v) is 4.07. The predicted molar refractivity (Wildman–Crippen MR) is 104 cm³/mol. The van der Waals surface area contributed by atoms with Crippen LogP contribution in [0.15, 0.2) is 52.7 Å². The number of anilines is 1. The van der Waals surface area contributed by atoms with Crippen molar-refractivity contribution >= 4 is 40.4 Å². The van der Waals surface area contributed by atoms with Gasteiger partial charge in [0.15, 0.2) is 0 Å². The van der Waals surface area contributed by atoms with Gasteiger partial charge in [0.1, 0.15) is 23.0 Å². The zero-order valence-electron chi connectivity index (χ0n) is 14.2. The van der Waals surface area contributed by atoms with Crippen molar-refractivity contribution in [2.75, 3.05) is 11.4 Å². The van der Waals surface area contributed by atoms with Gasteiger partial charge in [0.2, 0.25) is 5.91 Å². The van der Waals surface area contributed by atoms with E-state index in [1.54, 1.807) is 34.9 Å². The summed E-state index contributed by atoms with van der Waals surface area (Å²) in [6, 6.07) is 8.40. The molecule has 8 heteroatoms. The van der Waals surface area contributed by atoms with Gasteiger partial charge in [-0.15, -0.1) is 11.3 Å². The summed E-state index contributed by atoms with van der Waals surface area (Å²) in [7, 11) is 0. The number of carbonyl (C=O) groups excluding carboxylic acids is 2. The smallest absolute Gasteiger partial charge is 0.271 e. The van der Waals surface area contributed by atoms with Crippen molar-refractivity contribution in [3.63, 3.8) is 0 Å². The largest absolute Gasteiger partial charge is 0.472 e. The van der Waals surface area contributed by atoms with Crippen molar-refractivity contribution in [1.29, 1.82) is 0 Å². The monoisotopic (exact) mass is 401 g/mol. The highest BCUT2D eigenvalue weighted by molar-refractivity contribution is 7.13. The van der Waals surface area contributed by atoms with E-state index in [1.807, 2.05) is 18.2 Å². The molecule has 3 heterocycles. The molecule has 0 aliphatic carbocycles. The summed E-state index contributed by atoms with van der Waals surface area (Å²) in [5.41, 5.74) is 1.77. The number of halogens is 1. The zero-order chi connectivity index (χ0) is 18.8. The van der Waals surface area contributed by atoms with Crippen molar-refractivity contribution < 1.29 is 14.0 Å². The van der Waals surface area contributed by atoms with Crippen LogP contribution >= 0.6 is 22.9 Å². The van der Waals surface area contributed by atoms with Crippen LogP contribution in [0.1, 0.15) is 23.3 Å². The first-order valence-corrected chi connectivity index (χ1v) is 9.74. The fourth-order valence-electron chi connectivity index (χ4n) is 3.05. The highest BCUT2D eigenvalue weighted by Crippen LogP contribution is 2.29. The molecule has 3 aromatic rings. The summed E-state index contributed by atoms with van der Waals surface area (Å²) >= 11 is 7.58. The molecule has 0 radical (unpaired) electrons. The third kappa shape index (κ3) is 3.61. The summed E-state index contributed by atoms with van der Waals surface area (Å²) in [5.74, 6) is -0.520. The molecule has 1 aliphatic rings. The third-order valence-electron chi connectivity index (χ3n) is 4.39. The van der Waals surface area contributed by atoms with Gasteiger partial charge in [-0.05, 0) is 31.0 Å². The maximum atomic E-state index is 12.9. The molecule has 0 saturated carbocycles. The quantitative estimate of drug-likeness (QED) is 0.717. The predicted octanol–water partition coefficient (Wildman–Crippen LogP) is 3.98. The van der Waals surface area contributed by atoms with Crippen LogP contribution in [0.25, 0.3) is 10.6 Å². The summed E-state index contributed by atoms with van der Waals surface area (Å²) < 4.78 is 5.04. The summed E-state index contributed by atoms with van der Waals surface area (Å²) in [6.45, 7) is 0.580. The van der Waals surface area contributed by atoms with Gasteiger partial charge in [-0.3, -0.25) is 9.59 Å². The lowest BCUT2D eigenvalue weighted by molar-refractivity contribution is -0.121. The highest BCUT2D eigenvalue weighted by Gasteiger charge is 2.32. The lowest BCUT2D eigenvalue weighted by Crippen LogP contribution is -2.52. The average Bonchev–Trinajstić information content (AvgIpc) is 3.35. The van der Waals surface area contributed by atoms with Gasteiger partial charge in [0.25, 0.3) is 5.91 Å². The minimum atomic E-state index is -0.596. The van der Waals surface area contributed by atoms with Crippen LogP contribution in [0.3, 0.4) is 0 Å². The molecule has 6 nitrogen and oxygen atoms in total. The highest BCUT2D eigenvalue weighted by atomic mass is 35.5. The number of nitrogens with zero attached hydrogens (tertiary/aromatic N) is 2. The van der Waals surface area contributed by atoms with E-state index in [9.17, 15) is 9.59 Å². The zero-order valence-corrected chi connectivity index (χ0v) is 15.8. The van der Waals surface area contributed by atoms with Crippen molar-refractivity contribution in [2.45, 2.75) is 18.9 Å². The number of hydrogen-bond donors (Lipinski definition) is 1. The van der Waals surface area contributed by atoms with Gasteiger partial charge in [0.05, 0.1) is 17.0 Å². The third-order valence-corrected chi connectivity index (χ3v) is 5.60. The van der Waals surface area contributed by atoms with E-state index in [1.165, 1.54) is 11.3 Å². The Morgan fingerprint density at radius 1 is 1.33 bits per heavy atom. The van der Waals surface area contributed by atoms with Crippen LogP contribution in [-0.2, 0) is 4.79 Å². The topological polar surface area (TPSA) is 75.4 Å². The molecule has 0 bridgehead atoms. The molecule has 4 rings (SSSR count). The number of aromatic nitrogens is 1. The van der Waals surface area contributed by atoms with E-state index in [-0.39, 0.29) is 11.8 Å². The Morgan fingerprint density at radius 2 is 2.19 bits per heavy atom. The average molecular weight is 402 g/mol. The molecule has 1 aromatic carbocycles. The number of carbonyl (C=O) groups is 2. The summed E-state index contributed by atoms with van der Waals surface area (Å²) in [6.07, 6.45) is 4.50. The van der Waals surface area contributed by atoms with E-state index in [0.29, 0.717) is 34.4 Å². The number of benzene rings is 1. The van der Waals surface area contributed by atoms with E-state index >= 15 is 0 Å². The standard InChI is InChI=1S/C19H16ClN3O3S/c20-13-4-1-2-6-16(13)23-8-3-5-14(19(23)25)21-17(24)15-11-27-18(22-15)12-7-9-26-10-12/h1-2,4,6-7,9-11,14H,3,5,8H2,(H,21,24)/t14-/m1/s1. The Bertz CT molecular complexity index is 970. The fraction of sp³-hybridized carbons (Fsp3) is 0.211. The minimum absolute atomic E-state index is 0.159. The molecule has 1 saturated heterocycles. The van der Waals surface area contributed by atoms with E-state index in [4.69, 9.17) is 16.0 Å². The maximum absolute atomic E-state index is 12.9. The molecule has 0 spiro atoms. The van der Waals surface area contributed by atoms with Crippen LogP contribution in [0.4, 0.5) is 5.69 Å². The number of nitrogens with one attached hydrogen (secondary N) is 1. The SMILES string of the molecule is O=C(N[C@@H]1CCCN(c2ccccc2Cl)C1=O)c1csc(-c2ccoc2)n1. The normalized spacial score (nSPS) is 17.1. The Morgan fingerprint density at radius 3 is 2.96 bits per heavy atom. The van der Waals surface area contributed by atoms with Crippen LogP contribution in [-0.4, -0.2) is 29.4 Å². The molecular formula is C19H16ClN3O3S.